The van der Waals surface area contributed by atoms with Gasteiger partial charge in [0.1, 0.15) is 12.0 Å². The van der Waals surface area contributed by atoms with E-state index in [9.17, 15) is 9.59 Å². The lowest BCUT2D eigenvalue weighted by atomic mass is 9.89. The van der Waals surface area contributed by atoms with E-state index >= 15 is 0 Å². The molecule has 1 N–H and O–H groups in total. The molecule has 4 nitrogen and oxygen atoms in total. The topological polar surface area (TPSA) is 63.6 Å². The second-order valence-corrected chi connectivity index (χ2v) is 4.89. The number of carbonyl (C=O) groups is 2. The summed E-state index contributed by atoms with van der Waals surface area (Å²) in [6.07, 6.45) is 2.32. The lowest BCUT2D eigenvalue weighted by Crippen LogP contribution is -2.23. The van der Waals surface area contributed by atoms with Gasteiger partial charge >= 0.3 is 11.9 Å². The van der Waals surface area contributed by atoms with Gasteiger partial charge in [0, 0.05) is 6.08 Å². The Kier molecular flexibility index (Phi) is 6.11. The Morgan fingerprint density at radius 1 is 1.44 bits per heavy atom. The summed E-state index contributed by atoms with van der Waals surface area (Å²) in [5, 5.41) is 8.50. The van der Waals surface area contributed by atoms with Gasteiger partial charge in [-0.25, -0.2) is 4.79 Å². The van der Waals surface area contributed by atoms with Crippen molar-refractivity contribution in [3.63, 3.8) is 0 Å². The maximum absolute atomic E-state index is 11.0. The third-order valence-corrected chi connectivity index (χ3v) is 1.88. The molecule has 92 valence electrons. The molecule has 0 aliphatic heterocycles. The molecule has 16 heavy (non-hydrogen) atoms. The number of rotatable bonds is 5. The van der Waals surface area contributed by atoms with Crippen LogP contribution in [0.1, 0.15) is 27.2 Å². The van der Waals surface area contributed by atoms with Gasteiger partial charge < -0.3 is 9.84 Å². The zero-order valence-electron chi connectivity index (χ0n) is 9.70. The van der Waals surface area contributed by atoms with Crippen LogP contribution in [0.4, 0.5) is 0 Å². The van der Waals surface area contributed by atoms with Crippen LogP contribution in [0.25, 0.3) is 0 Å². The minimum Gasteiger partial charge on any atom is -0.478 e. The van der Waals surface area contributed by atoms with Crippen LogP contribution in [0.15, 0.2) is 12.2 Å². The number of hydrogen-bond donors (Lipinski definition) is 1. The van der Waals surface area contributed by atoms with E-state index in [0.717, 1.165) is 6.08 Å². The molecule has 1 unspecified atom stereocenters. The van der Waals surface area contributed by atoms with Gasteiger partial charge in [0.25, 0.3) is 0 Å². The van der Waals surface area contributed by atoms with Crippen LogP contribution < -0.4 is 0 Å². The molecule has 0 heterocycles. The second-order valence-electron chi connectivity index (χ2n) is 4.62. The van der Waals surface area contributed by atoms with Gasteiger partial charge in [-0.1, -0.05) is 20.8 Å². The maximum Gasteiger partial charge on any atom is 0.328 e. The van der Waals surface area contributed by atoms with Crippen molar-refractivity contribution in [2.24, 2.45) is 5.41 Å². The molecule has 0 spiro atoms. The molecule has 0 fully saturated rings. The number of aliphatic carboxylic acids is 1. The average Bonchev–Trinajstić information content (AvgIpc) is 2.11. The van der Waals surface area contributed by atoms with E-state index in [1.54, 1.807) is 0 Å². The Balaban J connectivity index is 4.51. The Morgan fingerprint density at radius 2 is 2.00 bits per heavy atom. The molecule has 5 heteroatoms. The summed E-state index contributed by atoms with van der Waals surface area (Å²) in [5.74, 6) is -1.85. The van der Waals surface area contributed by atoms with E-state index < -0.39 is 18.0 Å². The molecule has 0 saturated heterocycles. The minimum atomic E-state index is -1.07. The SMILES string of the molecule is CC(C)(C)CC(/C=C/C(=O)O)OC(=O)CCl. The van der Waals surface area contributed by atoms with Crippen LogP contribution in [0, 0.1) is 5.41 Å². The number of alkyl halides is 1. The van der Waals surface area contributed by atoms with E-state index in [2.05, 4.69) is 0 Å². The molecule has 0 bridgehead atoms. The van der Waals surface area contributed by atoms with Crippen molar-refractivity contribution >= 4 is 23.5 Å². The largest absolute Gasteiger partial charge is 0.478 e. The molecule has 0 aliphatic rings. The monoisotopic (exact) mass is 248 g/mol. The predicted molar refractivity (Wildman–Crippen MR) is 61.4 cm³/mol. The summed E-state index contributed by atoms with van der Waals surface area (Å²) in [6.45, 7) is 5.93. The number of carboxylic acid groups (broad SMARTS) is 1. The smallest absolute Gasteiger partial charge is 0.328 e. The number of hydrogen-bond acceptors (Lipinski definition) is 3. The molecule has 0 rings (SSSR count). The molecule has 0 aromatic carbocycles. The summed E-state index contributed by atoms with van der Waals surface area (Å²) in [7, 11) is 0. The number of carboxylic acids is 1. The van der Waals surface area contributed by atoms with Crippen molar-refractivity contribution in [3.8, 4) is 0 Å². The lowest BCUT2D eigenvalue weighted by molar-refractivity contribution is -0.145. The summed E-state index contributed by atoms with van der Waals surface area (Å²) in [5.41, 5.74) is -0.0693. The van der Waals surface area contributed by atoms with Gasteiger partial charge in [0.05, 0.1) is 0 Å². The normalized spacial score (nSPS) is 13.8. The quantitative estimate of drug-likeness (QED) is 0.460. The molecule has 0 amide bonds. The fraction of sp³-hybridized carbons (Fsp3) is 0.636. The van der Waals surface area contributed by atoms with Crippen molar-refractivity contribution in [1.82, 2.24) is 0 Å². The fourth-order valence-electron chi connectivity index (χ4n) is 1.14. The minimum absolute atomic E-state index is 0.0693. The van der Waals surface area contributed by atoms with Gasteiger partial charge in [0.2, 0.25) is 0 Å². The summed E-state index contributed by atoms with van der Waals surface area (Å²) in [6, 6.07) is 0. The van der Waals surface area contributed by atoms with Crippen LogP contribution in [0.5, 0.6) is 0 Å². The van der Waals surface area contributed by atoms with Gasteiger partial charge in [-0.3, -0.25) is 4.79 Å². The van der Waals surface area contributed by atoms with E-state index in [4.69, 9.17) is 21.4 Å². The van der Waals surface area contributed by atoms with Crippen molar-refractivity contribution in [3.05, 3.63) is 12.2 Å². The molecular formula is C11H17ClO4. The van der Waals surface area contributed by atoms with Gasteiger partial charge in [-0.2, -0.15) is 0 Å². The number of ether oxygens (including phenoxy) is 1. The molecule has 1 atom stereocenters. The molecule has 0 radical (unpaired) electrons. The number of halogens is 1. The number of esters is 1. The molecule has 0 aromatic heterocycles. The van der Waals surface area contributed by atoms with Crippen LogP contribution in [-0.2, 0) is 14.3 Å². The zero-order valence-corrected chi connectivity index (χ0v) is 10.5. The van der Waals surface area contributed by atoms with Crippen LogP contribution in [0.2, 0.25) is 0 Å². The Hall–Kier alpha value is -1.03. The van der Waals surface area contributed by atoms with Crippen LogP contribution in [-0.4, -0.2) is 29.0 Å². The average molecular weight is 249 g/mol. The molecular weight excluding hydrogens is 232 g/mol. The first-order chi connectivity index (χ1) is 7.24. The van der Waals surface area contributed by atoms with Crippen LogP contribution >= 0.6 is 11.6 Å². The number of carbonyl (C=O) groups excluding carboxylic acids is 1. The maximum atomic E-state index is 11.0. The highest BCUT2D eigenvalue weighted by molar-refractivity contribution is 6.26. The van der Waals surface area contributed by atoms with Crippen molar-refractivity contribution in [2.75, 3.05) is 5.88 Å². The van der Waals surface area contributed by atoms with Crippen molar-refractivity contribution in [1.29, 1.82) is 0 Å². The van der Waals surface area contributed by atoms with E-state index in [-0.39, 0.29) is 11.3 Å². The van der Waals surface area contributed by atoms with Crippen LogP contribution in [0.3, 0.4) is 0 Å². The standard InChI is InChI=1S/C11H17ClO4/c1-11(2,3)6-8(4-5-9(13)14)16-10(15)7-12/h4-5,8H,6-7H2,1-3H3,(H,13,14)/b5-4+. The van der Waals surface area contributed by atoms with Gasteiger partial charge in [0.15, 0.2) is 0 Å². The third kappa shape index (κ3) is 8.29. The molecule has 0 aromatic rings. The highest BCUT2D eigenvalue weighted by atomic mass is 35.5. The fourth-order valence-corrected chi connectivity index (χ4v) is 1.21. The predicted octanol–water partition coefficient (Wildman–Crippen LogP) is 2.21. The van der Waals surface area contributed by atoms with Gasteiger partial charge in [-0.05, 0) is 17.9 Å². The molecule has 0 aliphatic carbocycles. The highest BCUT2D eigenvalue weighted by Crippen LogP contribution is 2.23. The zero-order chi connectivity index (χ0) is 12.8. The van der Waals surface area contributed by atoms with Crippen molar-refractivity contribution in [2.45, 2.75) is 33.3 Å². The summed E-state index contributed by atoms with van der Waals surface area (Å²) < 4.78 is 5.01. The third-order valence-electron chi connectivity index (χ3n) is 1.66. The van der Waals surface area contributed by atoms with Crippen molar-refractivity contribution < 1.29 is 19.4 Å². The highest BCUT2D eigenvalue weighted by Gasteiger charge is 2.20. The van der Waals surface area contributed by atoms with E-state index in [0.29, 0.717) is 6.42 Å². The lowest BCUT2D eigenvalue weighted by Gasteiger charge is -2.23. The van der Waals surface area contributed by atoms with Gasteiger partial charge in [-0.15, -0.1) is 11.6 Å². The summed E-state index contributed by atoms with van der Waals surface area (Å²) >= 11 is 5.32. The van der Waals surface area contributed by atoms with E-state index in [1.807, 2.05) is 20.8 Å². The second kappa shape index (κ2) is 6.53. The Bertz CT molecular complexity index is 278. The Morgan fingerprint density at radius 3 is 2.38 bits per heavy atom. The summed E-state index contributed by atoms with van der Waals surface area (Å²) in [4.78, 5) is 21.4. The first-order valence-corrected chi connectivity index (χ1v) is 5.44. The first kappa shape index (κ1) is 15.0. The first-order valence-electron chi connectivity index (χ1n) is 4.91. The molecule has 0 saturated carbocycles. The van der Waals surface area contributed by atoms with E-state index in [1.165, 1.54) is 6.08 Å². The Labute approximate surface area is 100 Å².